The van der Waals surface area contributed by atoms with Crippen LogP contribution in [0.2, 0.25) is 0 Å². The lowest BCUT2D eigenvalue weighted by atomic mass is 9.90. The highest BCUT2D eigenvalue weighted by molar-refractivity contribution is 5.73. The second-order valence-electron chi connectivity index (χ2n) is 3.41. The third-order valence-electron chi connectivity index (χ3n) is 2.49. The second-order valence-corrected chi connectivity index (χ2v) is 3.41. The molecule has 0 radical (unpaired) electrons. The van der Waals surface area contributed by atoms with Crippen molar-refractivity contribution in [2.24, 2.45) is 5.92 Å². The average molecular weight is 195 g/mol. The lowest BCUT2D eigenvalue weighted by molar-refractivity contribution is -0.148. The van der Waals surface area contributed by atoms with Gasteiger partial charge in [-0.2, -0.15) is 15.4 Å². The second kappa shape index (κ2) is 3.77. The molecule has 1 aromatic heterocycles. The van der Waals surface area contributed by atoms with E-state index in [0.717, 1.165) is 24.2 Å². The van der Waals surface area contributed by atoms with Gasteiger partial charge in [0.05, 0.1) is 23.9 Å². The molecule has 1 N–H and O–H groups in total. The summed E-state index contributed by atoms with van der Waals surface area (Å²) in [5, 5.41) is 10.6. The van der Waals surface area contributed by atoms with Crippen LogP contribution in [0.3, 0.4) is 0 Å². The van der Waals surface area contributed by atoms with Gasteiger partial charge in [0, 0.05) is 6.42 Å². The number of aromatic nitrogens is 3. The number of hydrogen-bond donors (Lipinski definition) is 1. The number of aryl methyl sites for hydroxylation is 1. The number of esters is 1. The predicted octanol–water partition coefficient (Wildman–Crippen LogP) is 0.473. The summed E-state index contributed by atoms with van der Waals surface area (Å²) in [7, 11) is 0. The molecule has 14 heavy (non-hydrogen) atoms. The van der Waals surface area contributed by atoms with Gasteiger partial charge < -0.3 is 4.74 Å². The molecule has 2 rings (SSSR count). The van der Waals surface area contributed by atoms with Crippen molar-refractivity contribution in [3.8, 4) is 0 Å². The summed E-state index contributed by atoms with van der Waals surface area (Å²) in [4.78, 5) is 11.4. The maximum atomic E-state index is 11.4. The predicted molar refractivity (Wildman–Crippen MR) is 48.5 cm³/mol. The highest BCUT2D eigenvalue weighted by Gasteiger charge is 2.27. The lowest BCUT2D eigenvalue weighted by Gasteiger charge is -2.18. The highest BCUT2D eigenvalue weighted by atomic mass is 16.5. The fourth-order valence-corrected chi connectivity index (χ4v) is 1.75. The first-order valence-electron chi connectivity index (χ1n) is 4.86. The molecular formula is C9H13N3O2. The molecule has 0 saturated heterocycles. The fourth-order valence-electron chi connectivity index (χ4n) is 1.75. The van der Waals surface area contributed by atoms with E-state index in [1.54, 1.807) is 0 Å². The molecule has 1 aliphatic carbocycles. The Morgan fingerprint density at radius 3 is 3.14 bits per heavy atom. The Morgan fingerprint density at radius 2 is 2.36 bits per heavy atom. The van der Waals surface area contributed by atoms with Crippen LogP contribution in [0.4, 0.5) is 0 Å². The molecule has 1 aliphatic rings. The molecule has 0 aliphatic heterocycles. The quantitative estimate of drug-likeness (QED) is 0.696. The first kappa shape index (κ1) is 9.18. The number of aromatic amines is 1. The van der Waals surface area contributed by atoms with E-state index in [1.807, 2.05) is 6.92 Å². The number of H-pyrrole nitrogens is 1. The maximum absolute atomic E-state index is 11.4. The van der Waals surface area contributed by atoms with Crippen LogP contribution in [0.5, 0.6) is 0 Å². The number of ether oxygens (including phenoxy) is 1. The third-order valence-corrected chi connectivity index (χ3v) is 2.49. The number of carbonyl (C=O) groups is 1. The number of nitrogens with zero attached hydrogens (tertiary/aromatic N) is 2. The smallest absolute Gasteiger partial charge is 0.309 e. The minimum absolute atomic E-state index is 0.0347. The molecule has 0 aromatic carbocycles. The summed E-state index contributed by atoms with van der Waals surface area (Å²) >= 11 is 0. The monoisotopic (exact) mass is 195 g/mol. The van der Waals surface area contributed by atoms with Gasteiger partial charge in [-0.05, 0) is 19.8 Å². The zero-order valence-electron chi connectivity index (χ0n) is 8.12. The third kappa shape index (κ3) is 1.62. The van der Waals surface area contributed by atoms with Crippen LogP contribution < -0.4 is 0 Å². The van der Waals surface area contributed by atoms with Gasteiger partial charge in [0.2, 0.25) is 0 Å². The lowest BCUT2D eigenvalue weighted by Crippen LogP contribution is -2.24. The minimum atomic E-state index is -0.110. The molecule has 0 fully saturated rings. The van der Waals surface area contributed by atoms with Crippen molar-refractivity contribution < 1.29 is 9.53 Å². The van der Waals surface area contributed by atoms with Crippen molar-refractivity contribution in [1.82, 2.24) is 15.4 Å². The normalized spacial score (nSPS) is 20.2. The topological polar surface area (TPSA) is 67.9 Å². The van der Waals surface area contributed by atoms with Crippen LogP contribution in [-0.4, -0.2) is 28.0 Å². The molecule has 5 heteroatoms. The standard InChI is InChI=1S/C9H13N3O2/c1-2-14-9(13)6-3-4-7-8(5-6)11-12-10-7/h6H,2-5H2,1H3,(H,10,11,12)/t6-/m0/s1. The van der Waals surface area contributed by atoms with Gasteiger partial charge in [-0.3, -0.25) is 4.79 Å². The summed E-state index contributed by atoms with van der Waals surface area (Å²) in [5.41, 5.74) is 1.90. The van der Waals surface area contributed by atoms with E-state index >= 15 is 0 Å². The van der Waals surface area contributed by atoms with Crippen LogP contribution in [0.25, 0.3) is 0 Å². The molecule has 0 spiro atoms. The Kier molecular flexibility index (Phi) is 2.47. The molecule has 1 aromatic rings. The summed E-state index contributed by atoms with van der Waals surface area (Å²) in [6.07, 6.45) is 2.29. The van der Waals surface area contributed by atoms with Crippen LogP contribution in [0.1, 0.15) is 24.7 Å². The number of carbonyl (C=O) groups excluding carboxylic acids is 1. The molecular weight excluding hydrogens is 182 g/mol. The first-order chi connectivity index (χ1) is 6.81. The highest BCUT2D eigenvalue weighted by Crippen LogP contribution is 2.22. The van der Waals surface area contributed by atoms with E-state index in [-0.39, 0.29) is 11.9 Å². The number of rotatable bonds is 2. The molecule has 76 valence electrons. The van der Waals surface area contributed by atoms with Crippen molar-refractivity contribution in [2.75, 3.05) is 6.61 Å². The maximum Gasteiger partial charge on any atom is 0.309 e. The Hall–Kier alpha value is -1.39. The van der Waals surface area contributed by atoms with E-state index in [9.17, 15) is 4.79 Å². The van der Waals surface area contributed by atoms with E-state index in [1.165, 1.54) is 0 Å². The van der Waals surface area contributed by atoms with E-state index in [4.69, 9.17) is 4.74 Å². The van der Waals surface area contributed by atoms with Gasteiger partial charge in [0.25, 0.3) is 0 Å². The number of fused-ring (bicyclic) bond motifs is 1. The largest absolute Gasteiger partial charge is 0.466 e. The first-order valence-corrected chi connectivity index (χ1v) is 4.86. The van der Waals surface area contributed by atoms with Crippen molar-refractivity contribution in [3.63, 3.8) is 0 Å². The van der Waals surface area contributed by atoms with Crippen molar-refractivity contribution in [2.45, 2.75) is 26.2 Å². The fraction of sp³-hybridized carbons (Fsp3) is 0.667. The zero-order chi connectivity index (χ0) is 9.97. The van der Waals surface area contributed by atoms with Crippen LogP contribution in [-0.2, 0) is 22.4 Å². The van der Waals surface area contributed by atoms with Gasteiger partial charge in [-0.25, -0.2) is 0 Å². The van der Waals surface area contributed by atoms with Crippen molar-refractivity contribution >= 4 is 5.97 Å². The summed E-state index contributed by atoms with van der Waals surface area (Å²) in [6.45, 7) is 2.27. The van der Waals surface area contributed by atoms with Gasteiger partial charge >= 0.3 is 5.97 Å². The average Bonchev–Trinajstić information content (AvgIpc) is 2.64. The Labute approximate surface area is 81.8 Å². The molecule has 0 bridgehead atoms. The minimum Gasteiger partial charge on any atom is -0.466 e. The Bertz CT molecular complexity index is 335. The van der Waals surface area contributed by atoms with Gasteiger partial charge in [-0.15, -0.1) is 0 Å². The summed E-state index contributed by atoms with van der Waals surface area (Å²) in [6, 6.07) is 0. The summed E-state index contributed by atoms with van der Waals surface area (Å²) < 4.78 is 4.98. The van der Waals surface area contributed by atoms with E-state index in [0.29, 0.717) is 13.0 Å². The zero-order valence-corrected chi connectivity index (χ0v) is 8.12. The van der Waals surface area contributed by atoms with Crippen LogP contribution in [0.15, 0.2) is 0 Å². The SMILES string of the molecule is CCOC(=O)[C@H]1CCc2n[nH]nc2C1. The molecule has 0 saturated carbocycles. The van der Waals surface area contributed by atoms with Crippen LogP contribution >= 0.6 is 0 Å². The Balaban J connectivity index is 2.04. The van der Waals surface area contributed by atoms with E-state index in [2.05, 4.69) is 15.4 Å². The summed E-state index contributed by atoms with van der Waals surface area (Å²) in [5.74, 6) is -0.145. The van der Waals surface area contributed by atoms with Crippen molar-refractivity contribution in [1.29, 1.82) is 0 Å². The number of nitrogens with one attached hydrogen (secondary N) is 1. The molecule has 1 heterocycles. The molecule has 1 atom stereocenters. The Morgan fingerprint density at radius 1 is 1.57 bits per heavy atom. The van der Waals surface area contributed by atoms with Gasteiger partial charge in [-0.1, -0.05) is 0 Å². The molecule has 0 amide bonds. The van der Waals surface area contributed by atoms with Gasteiger partial charge in [0.1, 0.15) is 0 Å². The van der Waals surface area contributed by atoms with Crippen molar-refractivity contribution in [3.05, 3.63) is 11.4 Å². The molecule has 0 unspecified atom stereocenters. The van der Waals surface area contributed by atoms with Gasteiger partial charge in [0.15, 0.2) is 0 Å². The van der Waals surface area contributed by atoms with Crippen LogP contribution in [0, 0.1) is 5.92 Å². The number of hydrogen-bond acceptors (Lipinski definition) is 4. The molecule has 5 nitrogen and oxygen atoms in total. The van der Waals surface area contributed by atoms with E-state index < -0.39 is 0 Å².